The van der Waals surface area contributed by atoms with E-state index in [1.165, 1.54) is 0 Å². The molecule has 0 aromatic rings. The van der Waals surface area contributed by atoms with Gasteiger partial charge in [0.2, 0.25) is 6.41 Å². The highest BCUT2D eigenvalue weighted by molar-refractivity contribution is 5.68. The van der Waals surface area contributed by atoms with E-state index in [4.69, 9.17) is 4.74 Å². The smallest absolute Gasteiger partial charge is 0.410 e. The van der Waals surface area contributed by atoms with E-state index in [0.717, 1.165) is 19.3 Å². The summed E-state index contributed by atoms with van der Waals surface area (Å²) in [5, 5.41) is 2.76. The monoisotopic (exact) mass is 242 g/mol. The molecule has 2 unspecified atom stereocenters. The van der Waals surface area contributed by atoms with Gasteiger partial charge in [-0.05, 0) is 40.0 Å². The summed E-state index contributed by atoms with van der Waals surface area (Å²) in [4.78, 5) is 24.0. The number of likely N-dealkylation sites (N-methyl/N-ethyl adjacent to an activating group) is 1. The fraction of sp³-hybridized carbons (Fsp3) is 0.833. The minimum absolute atomic E-state index is 0.0371. The van der Waals surface area contributed by atoms with Crippen LogP contribution in [-0.2, 0) is 9.53 Å². The van der Waals surface area contributed by atoms with Gasteiger partial charge in [0.05, 0.1) is 6.04 Å². The average molecular weight is 242 g/mol. The topological polar surface area (TPSA) is 58.6 Å². The zero-order valence-corrected chi connectivity index (χ0v) is 11.0. The van der Waals surface area contributed by atoms with Crippen molar-refractivity contribution < 1.29 is 14.3 Å². The molecule has 17 heavy (non-hydrogen) atoms. The van der Waals surface area contributed by atoms with E-state index in [1.54, 1.807) is 11.9 Å². The van der Waals surface area contributed by atoms with Gasteiger partial charge < -0.3 is 15.0 Å². The second kappa shape index (κ2) is 5.38. The maximum atomic E-state index is 11.9. The van der Waals surface area contributed by atoms with Crippen LogP contribution in [0.1, 0.15) is 40.0 Å². The minimum atomic E-state index is -0.489. The van der Waals surface area contributed by atoms with E-state index >= 15 is 0 Å². The molecule has 0 aromatic carbocycles. The van der Waals surface area contributed by atoms with Gasteiger partial charge in [-0.25, -0.2) is 4.79 Å². The van der Waals surface area contributed by atoms with Crippen LogP contribution in [0.4, 0.5) is 4.79 Å². The van der Waals surface area contributed by atoms with Crippen molar-refractivity contribution in [1.29, 1.82) is 0 Å². The third kappa shape index (κ3) is 3.91. The quantitative estimate of drug-likeness (QED) is 0.763. The zero-order chi connectivity index (χ0) is 13.1. The van der Waals surface area contributed by atoms with Gasteiger partial charge in [-0.2, -0.15) is 0 Å². The van der Waals surface area contributed by atoms with Gasteiger partial charge in [-0.1, -0.05) is 0 Å². The van der Waals surface area contributed by atoms with Gasteiger partial charge in [0.15, 0.2) is 0 Å². The van der Waals surface area contributed by atoms with Crippen molar-refractivity contribution in [2.75, 3.05) is 7.05 Å². The van der Waals surface area contributed by atoms with E-state index in [1.807, 2.05) is 20.8 Å². The third-order valence-corrected chi connectivity index (χ3v) is 2.94. The van der Waals surface area contributed by atoms with E-state index in [9.17, 15) is 9.59 Å². The molecule has 2 atom stereocenters. The Bertz CT molecular complexity index is 286. The van der Waals surface area contributed by atoms with E-state index in [-0.39, 0.29) is 18.2 Å². The average Bonchev–Trinajstić information content (AvgIpc) is 2.62. The molecule has 1 fully saturated rings. The number of amides is 2. The molecule has 1 aliphatic carbocycles. The third-order valence-electron chi connectivity index (χ3n) is 2.94. The van der Waals surface area contributed by atoms with Crippen molar-refractivity contribution in [2.45, 2.75) is 57.7 Å². The second-order valence-corrected chi connectivity index (χ2v) is 5.48. The van der Waals surface area contributed by atoms with Gasteiger partial charge in [0.25, 0.3) is 0 Å². The first-order valence-electron chi connectivity index (χ1n) is 6.00. The molecule has 0 aromatic heterocycles. The van der Waals surface area contributed by atoms with E-state index < -0.39 is 5.60 Å². The van der Waals surface area contributed by atoms with E-state index in [0.29, 0.717) is 6.41 Å². The molecular weight excluding hydrogens is 220 g/mol. The van der Waals surface area contributed by atoms with Crippen LogP contribution in [0.5, 0.6) is 0 Å². The Hall–Kier alpha value is -1.26. The molecular formula is C12H22N2O3. The number of ether oxygens (including phenoxy) is 1. The SMILES string of the molecule is CN(C(=O)OC(C)(C)C)C1CCCC1NC=O. The van der Waals surface area contributed by atoms with Crippen molar-refractivity contribution in [2.24, 2.45) is 0 Å². The lowest BCUT2D eigenvalue weighted by atomic mass is 10.1. The number of rotatable bonds is 3. The maximum absolute atomic E-state index is 11.9. The molecule has 2 amide bonds. The fourth-order valence-corrected chi connectivity index (χ4v) is 2.16. The van der Waals surface area contributed by atoms with Gasteiger partial charge >= 0.3 is 6.09 Å². The van der Waals surface area contributed by atoms with Crippen LogP contribution in [0.15, 0.2) is 0 Å². The van der Waals surface area contributed by atoms with Gasteiger partial charge in [-0.15, -0.1) is 0 Å². The van der Waals surface area contributed by atoms with Gasteiger partial charge in [0, 0.05) is 13.1 Å². The van der Waals surface area contributed by atoms with Crippen molar-refractivity contribution in [3.63, 3.8) is 0 Å². The van der Waals surface area contributed by atoms with Crippen LogP contribution in [-0.4, -0.2) is 42.1 Å². The molecule has 5 heteroatoms. The standard InChI is InChI=1S/C12H22N2O3/c1-12(2,3)17-11(16)14(4)10-7-5-6-9(10)13-8-15/h8-10H,5-7H2,1-4H3,(H,13,15). The summed E-state index contributed by atoms with van der Waals surface area (Å²) in [5.74, 6) is 0. The summed E-state index contributed by atoms with van der Waals surface area (Å²) < 4.78 is 5.31. The maximum Gasteiger partial charge on any atom is 0.410 e. The number of hydrogen-bond donors (Lipinski definition) is 1. The first kappa shape index (κ1) is 13.8. The van der Waals surface area contributed by atoms with Crippen molar-refractivity contribution in [3.8, 4) is 0 Å². The molecule has 1 N–H and O–H groups in total. The van der Waals surface area contributed by atoms with Crippen LogP contribution in [0.2, 0.25) is 0 Å². The largest absolute Gasteiger partial charge is 0.444 e. The van der Waals surface area contributed by atoms with Crippen LogP contribution >= 0.6 is 0 Å². The highest BCUT2D eigenvalue weighted by atomic mass is 16.6. The second-order valence-electron chi connectivity index (χ2n) is 5.48. The Morgan fingerprint density at radius 3 is 2.59 bits per heavy atom. The van der Waals surface area contributed by atoms with Crippen LogP contribution in [0, 0.1) is 0 Å². The first-order valence-corrected chi connectivity index (χ1v) is 6.00. The Morgan fingerprint density at radius 2 is 2.06 bits per heavy atom. The molecule has 5 nitrogen and oxygen atoms in total. The lowest BCUT2D eigenvalue weighted by Gasteiger charge is -2.31. The lowest BCUT2D eigenvalue weighted by Crippen LogP contribution is -2.48. The number of nitrogens with one attached hydrogen (secondary N) is 1. The Kier molecular flexibility index (Phi) is 4.37. The van der Waals surface area contributed by atoms with Crippen LogP contribution in [0.25, 0.3) is 0 Å². The molecule has 1 aliphatic rings. The zero-order valence-electron chi connectivity index (χ0n) is 11.0. The number of carbonyl (C=O) groups is 2. The highest BCUT2D eigenvalue weighted by Gasteiger charge is 2.34. The molecule has 0 saturated heterocycles. The fourth-order valence-electron chi connectivity index (χ4n) is 2.16. The van der Waals surface area contributed by atoms with E-state index in [2.05, 4.69) is 5.32 Å². The van der Waals surface area contributed by atoms with Crippen molar-refractivity contribution in [1.82, 2.24) is 10.2 Å². The Balaban J connectivity index is 2.59. The molecule has 0 heterocycles. The van der Waals surface area contributed by atoms with Gasteiger partial charge in [0.1, 0.15) is 5.60 Å². The number of nitrogens with zero attached hydrogens (tertiary/aromatic N) is 1. The predicted octanol–water partition coefficient (Wildman–Crippen LogP) is 1.52. The summed E-state index contributed by atoms with van der Waals surface area (Å²) in [6.45, 7) is 5.53. The minimum Gasteiger partial charge on any atom is -0.444 e. The molecule has 0 radical (unpaired) electrons. The highest BCUT2D eigenvalue weighted by Crippen LogP contribution is 2.24. The molecule has 0 bridgehead atoms. The summed E-state index contributed by atoms with van der Waals surface area (Å²) in [6.07, 6.45) is 3.20. The lowest BCUT2D eigenvalue weighted by molar-refractivity contribution is -0.110. The predicted molar refractivity (Wildman–Crippen MR) is 64.6 cm³/mol. The molecule has 1 rings (SSSR count). The van der Waals surface area contributed by atoms with Gasteiger partial charge in [-0.3, -0.25) is 4.79 Å². The molecule has 1 saturated carbocycles. The Labute approximate surface area is 102 Å². The number of carbonyl (C=O) groups excluding carboxylic acids is 2. The van der Waals surface area contributed by atoms with Crippen LogP contribution < -0.4 is 5.32 Å². The molecule has 0 aliphatic heterocycles. The summed E-state index contributed by atoms with van der Waals surface area (Å²) in [5.41, 5.74) is -0.489. The number of hydrogen-bond acceptors (Lipinski definition) is 3. The normalized spacial score (nSPS) is 24.2. The Morgan fingerprint density at radius 1 is 1.41 bits per heavy atom. The van der Waals surface area contributed by atoms with Crippen molar-refractivity contribution in [3.05, 3.63) is 0 Å². The van der Waals surface area contributed by atoms with Crippen molar-refractivity contribution >= 4 is 12.5 Å². The summed E-state index contributed by atoms with van der Waals surface area (Å²) in [6, 6.07) is 0.0834. The molecule has 0 spiro atoms. The summed E-state index contributed by atoms with van der Waals surface area (Å²) >= 11 is 0. The first-order chi connectivity index (χ1) is 7.85. The molecule has 98 valence electrons. The summed E-state index contributed by atoms with van der Waals surface area (Å²) in [7, 11) is 1.73. The van der Waals surface area contributed by atoms with Crippen LogP contribution in [0.3, 0.4) is 0 Å².